The molecule has 0 N–H and O–H groups in total. The van der Waals surface area contributed by atoms with E-state index < -0.39 is 0 Å². The van der Waals surface area contributed by atoms with Crippen molar-refractivity contribution >= 4 is 6.29 Å². The maximum atomic E-state index is 9.87. The molecule has 2 fully saturated rings. The number of nitrogens with zero attached hydrogens (tertiary/aromatic N) is 3. The van der Waals surface area contributed by atoms with Crippen LogP contribution in [0.1, 0.15) is 38.3 Å². The molecule has 126 valence electrons. The second-order valence-corrected chi connectivity index (χ2v) is 5.44. The van der Waals surface area contributed by atoms with E-state index in [4.69, 9.17) is 0 Å². The standard InChI is InChI=1S/C13H18N3.C6H5O.Fe/c1-2-3-4-7-10-16-11-13(14-15-16)12-8-5-6-9-12;7-5-6-3-1-2-4-6;/h5-6,8-9,11H,2-4,7,10H2,1H3;1-5H;/q;;+2. The van der Waals surface area contributed by atoms with Crippen molar-refractivity contribution in [3.05, 3.63) is 75.1 Å². The summed E-state index contributed by atoms with van der Waals surface area (Å²) < 4.78 is 1.94. The van der Waals surface area contributed by atoms with Gasteiger partial charge in [-0.1, -0.05) is 31.4 Å². The quantitative estimate of drug-likeness (QED) is 0.424. The molecule has 0 aromatic carbocycles. The maximum Gasteiger partial charge on any atom is 2.00 e. The van der Waals surface area contributed by atoms with E-state index in [1.807, 2.05) is 36.6 Å². The molecule has 5 heteroatoms. The van der Waals surface area contributed by atoms with Gasteiger partial charge in [-0.2, -0.15) is 0 Å². The summed E-state index contributed by atoms with van der Waals surface area (Å²) in [6.07, 6.45) is 23.3. The number of carbonyl (C=O) groups is 1. The number of carbonyl (C=O) groups excluding carboxylic acids is 1. The molecule has 2 aliphatic carbocycles. The molecule has 3 rings (SSSR count). The first-order valence-corrected chi connectivity index (χ1v) is 8.12. The van der Waals surface area contributed by atoms with Crippen molar-refractivity contribution < 1.29 is 21.9 Å². The molecule has 0 bridgehead atoms. The van der Waals surface area contributed by atoms with Gasteiger partial charge in [0.15, 0.2) is 0 Å². The number of hydrogen-bond donors (Lipinski definition) is 0. The number of aryl methyl sites for hydroxylation is 1. The third-order valence-corrected chi connectivity index (χ3v) is 3.56. The van der Waals surface area contributed by atoms with Gasteiger partial charge < -0.3 is 4.79 Å². The molecular weight excluding hydrogens is 342 g/mol. The predicted molar refractivity (Wildman–Crippen MR) is 90.2 cm³/mol. The Morgan fingerprint density at radius 1 is 1.00 bits per heavy atom. The second kappa shape index (κ2) is 12.7. The largest absolute Gasteiger partial charge is 2.00 e. The summed E-state index contributed by atoms with van der Waals surface area (Å²) in [6, 6.07) is 0. The van der Waals surface area contributed by atoms with Gasteiger partial charge in [0, 0.05) is 24.6 Å². The molecule has 0 unspecified atom stereocenters. The first-order chi connectivity index (χ1) is 11.3. The monoisotopic (exact) mass is 365 g/mol. The molecule has 2 saturated carbocycles. The minimum absolute atomic E-state index is 0. The molecule has 2 aliphatic rings. The molecule has 1 heterocycles. The molecule has 0 aliphatic heterocycles. The maximum absolute atomic E-state index is 9.87. The molecule has 24 heavy (non-hydrogen) atoms. The first kappa shape index (κ1) is 21.4. The van der Waals surface area contributed by atoms with Crippen molar-refractivity contribution in [2.45, 2.75) is 39.2 Å². The van der Waals surface area contributed by atoms with Gasteiger partial charge in [-0.25, -0.2) is 0 Å². The van der Waals surface area contributed by atoms with E-state index in [0.29, 0.717) is 0 Å². The summed E-state index contributed by atoms with van der Waals surface area (Å²) in [5, 5.41) is 8.31. The van der Waals surface area contributed by atoms with E-state index in [9.17, 15) is 4.79 Å². The van der Waals surface area contributed by atoms with Crippen LogP contribution in [0.4, 0.5) is 0 Å². The van der Waals surface area contributed by atoms with Crippen LogP contribution in [0.2, 0.25) is 0 Å². The first-order valence-electron chi connectivity index (χ1n) is 8.12. The predicted octanol–water partition coefficient (Wildman–Crippen LogP) is 3.20. The molecule has 0 spiro atoms. The van der Waals surface area contributed by atoms with Gasteiger partial charge >= 0.3 is 17.1 Å². The van der Waals surface area contributed by atoms with Crippen molar-refractivity contribution in [1.82, 2.24) is 15.0 Å². The Bertz CT molecular complexity index is 438. The summed E-state index contributed by atoms with van der Waals surface area (Å²) in [6.45, 7) is 3.21. The fourth-order valence-corrected chi connectivity index (χ4v) is 2.25. The van der Waals surface area contributed by atoms with Crippen LogP contribution in [-0.2, 0) is 28.4 Å². The number of unbranched alkanes of at least 4 members (excludes halogenated alkanes) is 3. The van der Waals surface area contributed by atoms with Gasteiger partial charge in [0.05, 0.1) is 5.69 Å². The zero-order valence-corrected chi connectivity index (χ0v) is 15.0. The molecule has 0 amide bonds. The third kappa shape index (κ3) is 7.48. The van der Waals surface area contributed by atoms with Crippen LogP contribution in [-0.4, -0.2) is 21.3 Å². The van der Waals surface area contributed by atoms with Crippen LogP contribution >= 0.6 is 0 Å². The number of rotatable bonds is 7. The minimum Gasteiger partial charge on any atom is -0.303 e. The van der Waals surface area contributed by atoms with Gasteiger partial charge in [0.1, 0.15) is 6.29 Å². The van der Waals surface area contributed by atoms with Gasteiger partial charge in [-0.05, 0) is 57.8 Å². The van der Waals surface area contributed by atoms with Gasteiger partial charge in [0.2, 0.25) is 0 Å². The van der Waals surface area contributed by atoms with Crippen LogP contribution in [0.3, 0.4) is 0 Å². The van der Waals surface area contributed by atoms with E-state index in [0.717, 1.165) is 30.4 Å². The Labute approximate surface area is 157 Å². The Balaban J connectivity index is 0.000000304. The Morgan fingerprint density at radius 2 is 1.67 bits per heavy atom. The Morgan fingerprint density at radius 3 is 2.25 bits per heavy atom. The average Bonchev–Trinajstić information content (AvgIpc) is 3.34. The fourth-order valence-electron chi connectivity index (χ4n) is 2.25. The Kier molecular flexibility index (Phi) is 11.3. The van der Waals surface area contributed by atoms with Crippen molar-refractivity contribution in [2.24, 2.45) is 0 Å². The number of aldehydes is 1. The van der Waals surface area contributed by atoms with E-state index in [-0.39, 0.29) is 17.1 Å². The van der Waals surface area contributed by atoms with Crippen LogP contribution < -0.4 is 0 Å². The van der Waals surface area contributed by atoms with Crippen LogP contribution in [0.25, 0.3) is 0 Å². The third-order valence-electron chi connectivity index (χ3n) is 3.56. The second-order valence-electron chi connectivity index (χ2n) is 5.44. The summed E-state index contributed by atoms with van der Waals surface area (Å²) in [4.78, 5) is 9.87. The number of hydrogen-bond acceptors (Lipinski definition) is 3. The van der Waals surface area contributed by atoms with Crippen molar-refractivity contribution in [1.29, 1.82) is 0 Å². The van der Waals surface area contributed by atoms with E-state index >= 15 is 0 Å². The fraction of sp³-hybridized carbons (Fsp3) is 0.316. The molecule has 10 radical (unpaired) electrons. The van der Waals surface area contributed by atoms with E-state index in [1.165, 1.54) is 25.7 Å². The topological polar surface area (TPSA) is 47.8 Å². The molecular formula is C19H23FeN3O+2. The van der Waals surface area contributed by atoms with Crippen LogP contribution in [0, 0.1) is 63.2 Å². The summed E-state index contributed by atoms with van der Waals surface area (Å²) >= 11 is 0. The van der Waals surface area contributed by atoms with Gasteiger partial charge in [-0.15, -0.1) is 5.10 Å². The van der Waals surface area contributed by atoms with E-state index in [1.54, 1.807) is 12.8 Å². The molecule has 1 aromatic rings. The van der Waals surface area contributed by atoms with Gasteiger partial charge in [0.25, 0.3) is 0 Å². The normalized spacial score (nSPS) is 18.0. The zero-order valence-electron chi connectivity index (χ0n) is 13.9. The minimum atomic E-state index is 0. The summed E-state index contributed by atoms with van der Waals surface area (Å²) in [7, 11) is 0. The summed E-state index contributed by atoms with van der Waals surface area (Å²) in [5.74, 6) is 1.90. The van der Waals surface area contributed by atoms with Crippen molar-refractivity contribution in [3.8, 4) is 0 Å². The van der Waals surface area contributed by atoms with Crippen molar-refractivity contribution in [2.75, 3.05) is 0 Å². The smallest absolute Gasteiger partial charge is 0.303 e. The van der Waals surface area contributed by atoms with Crippen molar-refractivity contribution in [3.63, 3.8) is 0 Å². The van der Waals surface area contributed by atoms with Gasteiger partial charge in [-0.3, -0.25) is 4.68 Å². The van der Waals surface area contributed by atoms with Crippen LogP contribution in [0.5, 0.6) is 0 Å². The molecule has 0 saturated heterocycles. The summed E-state index contributed by atoms with van der Waals surface area (Å²) in [5.41, 5.74) is 0.973. The SMILES string of the molecule is CCCCCCn1cc([C]2[CH][CH][CH][CH]2)nn1.O=C[C]1[CH][CH][CH][CH]1.[Fe+2]. The van der Waals surface area contributed by atoms with Crippen LogP contribution in [0.15, 0.2) is 6.20 Å². The molecule has 0 atom stereocenters. The molecule has 4 nitrogen and oxygen atoms in total. The molecule has 1 aromatic heterocycles. The zero-order chi connectivity index (χ0) is 16.3. The van der Waals surface area contributed by atoms with E-state index in [2.05, 4.69) is 30.1 Å². The number of aromatic nitrogens is 3. The Hall–Kier alpha value is -0.671. The average molecular weight is 365 g/mol.